The molecule has 0 radical (unpaired) electrons. The maximum atomic E-state index is 13.7. The number of anilines is 1. The number of halogens is 2. The average molecular weight is 398 g/mol. The quantitative estimate of drug-likeness (QED) is 0.746. The van der Waals surface area contributed by atoms with Gasteiger partial charge in [0.1, 0.15) is 5.82 Å². The van der Waals surface area contributed by atoms with Crippen molar-refractivity contribution in [1.82, 2.24) is 0 Å². The van der Waals surface area contributed by atoms with Crippen LogP contribution in [0.2, 0.25) is 0 Å². The Morgan fingerprint density at radius 3 is 2.52 bits per heavy atom. The Kier molecular flexibility index (Phi) is 4.01. The van der Waals surface area contributed by atoms with Gasteiger partial charge in [0.05, 0.1) is 10.6 Å². The fourth-order valence-corrected chi connectivity index (χ4v) is 5.48. The third-order valence-electron chi connectivity index (χ3n) is 4.22. The molecule has 0 N–H and O–H groups in total. The fourth-order valence-electron chi connectivity index (χ4n) is 3.16. The van der Waals surface area contributed by atoms with E-state index in [0.717, 1.165) is 10.0 Å². The van der Waals surface area contributed by atoms with Crippen molar-refractivity contribution in [3.8, 4) is 0 Å². The standard InChI is InChI=1S/C17H17BrFNO2S/c1-10-6-13(18)4-5-16(10)23(21,22)20-9-12(3)15-8-14(19)7-11(2)17(15)20/h4-8,12H,9H2,1-3H3. The van der Waals surface area contributed by atoms with Crippen LogP contribution in [-0.4, -0.2) is 15.0 Å². The highest BCUT2D eigenvalue weighted by Crippen LogP contribution is 2.42. The predicted molar refractivity (Wildman–Crippen MR) is 93.0 cm³/mol. The van der Waals surface area contributed by atoms with Crippen LogP contribution in [0.15, 0.2) is 39.7 Å². The Morgan fingerprint density at radius 2 is 1.87 bits per heavy atom. The number of rotatable bonds is 2. The summed E-state index contributed by atoms with van der Waals surface area (Å²) in [5.74, 6) is -0.364. The maximum absolute atomic E-state index is 13.7. The first-order valence-corrected chi connectivity index (χ1v) is 9.54. The van der Waals surface area contributed by atoms with E-state index in [4.69, 9.17) is 0 Å². The molecular weight excluding hydrogens is 381 g/mol. The van der Waals surface area contributed by atoms with Crippen LogP contribution in [0.3, 0.4) is 0 Å². The molecule has 0 saturated carbocycles. The van der Waals surface area contributed by atoms with E-state index in [1.165, 1.54) is 16.4 Å². The highest BCUT2D eigenvalue weighted by molar-refractivity contribution is 9.10. The van der Waals surface area contributed by atoms with E-state index >= 15 is 0 Å². The van der Waals surface area contributed by atoms with E-state index < -0.39 is 10.0 Å². The van der Waals surface area contributed by atoms with E-state index in [0.29, 0.717) is 23.4 Å². The zero-order valence-corrected chi connectivity index (χ0v) is 15.5. The van der Waals surface area contributed by atoms with Crippen LogP contribution in [0.1, 0.15) is 29.5 Å². The third-order valence-corrected chi connectivity index (χ3v) is 6.64. The number of nitrogens with zero attached hydrogens (tertiary/aromatic N) is 1. The minimum absolute atomic E-state index is 0.0371. The van der Waals surface area contributed by atoms with Gasteiger partial charge in [0.2, 0.25) is 0 Å². The summed E-state index contributed by atoms with van der Waals surface area (Å²) in [7, 11) is -3.68. The van der Waals surface area contributed by atoms with Crippen molar-refractivity contribution in [3.05, 3.63) is 57.3 Å². The summed E-state index contributed by atoms with van der Waals surface area (Å²) >= 11 is 3.35. The molecule has 0 aromatic heterocycles. The molecule has 0 aliphatic carbocycles. The minimum atomic E-state index is -3.68. The van der Waals surface area contributed by atoms with Crippen molar-refractivity contribution in [1.29, 1.82) is 0 Å². The van der Waals surface area contributed by atoms with Gasteiger partial charge in [-0.1, -0.05) is 22.9 Å². The zero-order valence-electron chi connectivity index (χ0n) is 13.1. The molecule has 1 aliphatic heterocycles. The van der Waals surface area contributed by atoms with Gasteiger partial charge in [-0.3, -0.25) is 4.31 Å². The molecule has 1 unspecified atom stereocenters. The van der Waals surface area contributed by atoms with Crippen LogP contribution in [0, 0.1) is 19.7 Å². The molecule has 1 aliphatic rings. The number of aryl methyl sites for hydroxylation is 2. The van der Waals surface area contributed by atoms with Gasteiger partial charge < -0.3 is 0 Å². The molecule has 0 saturated heterocycles. The Labute approximate surface area is 144 Å². The van der Waals surface area contributed by atoms with E-state index in [2.05, 4.69) is 15.9 Å². The van der Waals surface area contributed by atoms with Crippen molar-refractivity contribution in [2.45, 2.75) is 31.6 Å². The van der Waals surface area contributed by atoms with Gasteiger partial charge in [0.25, 0.3) is 10.0 Å². The minimum Gasteiger partial charge on any atom is -0.265 e. The molecule has 6 heteroatoms. The Balaban J connectivity index is 2.17. The summed E-state index contributed by atoms with van der Waals surface area (Å²) in [6.45, 7) is 5.77. The van der Waals surface area contributed by atoms with E-state index in [9.17, 15) is 12.8 Å². The van der Waals surface area contributed by atoms with E-state index in [1.54, 1.807) is 32.0 Å². The Morgan fingerprint density at radius 1 is 1.17 bits per heavy atom. The van der Waals surface area contributed by atoms with Crippen LogP contribution in [0.4, 0.5) is 10.1 Å². The Bertz CT molecular complexity index is 896. The van der Waals surface area contributed by atoms with Gasteiger partial charge in [-0.2, -0.15) is 0 Å². The number of fused-ring (bicyclic) bond motifs is 1. The summed E-state index contributed by atoms with van der Waals surface area (Å²) < 4.78 is 42.2. The first-order chi connectivity index (χ1) is 10.7. The molecule has 23 heavy (non-hydrogen) atoms. The first-order valence-electron chi connectivity index (χ1n) is 7.30. The van der Waals surface area contributed by atoms with Crippen LogP contribution in [0.25, 0.3) is 0 Å². The van der Waals surface area contributed by atoms with Crippen molar-refractivity contribution >= 4 is 31.6 Å². The molecule has 0 bridgehead atoms. The SMILES string of the molecule is Cc1cc(Br)ccc1S(=O)(=O)N1CC(C)c2cc(F)cc(C)c21. The lowest BCUT2D eigenvalue weighted by Crippen LogP contribution is -2.30. The molecule has 1 atom stereocenters. The summed E-state index contributed by atoms with van der Waals surface area (Å²) in [5, 5.41) is 0. The average Bonchev–Trinajstić information content (AvgIpc) is 2.76. The molecule has 122 valence electrons. The van der Waals surface area contributed by atoms with Crippen LogP contribution in [0.5, 0.6) is 0 Å². The summed E-state index contributed by atoms with van der Waals surface area (Å²) in [5.41, 5.74) is 2.69. The number of sulfonamides is 1. The van der Waals surface area contributed by atoms with E-state index in [-0.39, 0.29) is 16.6 Å². The lowest BCUT2D eigenvalue weighted by molar-refractivity contribution is 0.589. The normalized spacial score (nSPS) is 17.4. The van der Waals surface area contributed by atoms with Gasteiger partial charge >= 0.3 is 0 Å². The number of hydrogen-bond acceptors (Lipinski definition) is 2. The number of benzene rings is 2. The predicted octanol–water partition coefficient (Wildman–Crippen LogP) is 4.52. The molecule has 0 amide bonds. The third kappa shape index (κ3) is 2.68. The maximum Gasteiger partial charge on any atom is 0.264 e. The molecule has 0 fully saturated rings. The largest absolute Gasteiger partial charge is 0.265 e. The summed E-state index contributed by atoms with van der Waals surface area (Å²) in [6.07, 6.45) is 0. The fraction of sp³-hybridized carbons (Fsp3) is 0.294. The molecule has 1 heterocycles. The number of hydrogen-bond donors (Lipinski definition) is 0. The molecule has 3 nitrogen and oxygen atoms in total. The van der Waals surface area contributed by atoms with Gasteiger partial charge in [0.15, 0.2) is 0 Å². The molecule has 0 spiro atoms. The monoisotopic (exact) mass is 397 g/mol. The lowest BCUT2D eigenvalue weighted by Gasteiger charge is -2.22. The van der Waals surface area contributed by atoms with Crippen LogP contribution < -0.4 is 4.31 Å². The smallest absolute Gasteiger partial charge is 0.264 e. The van der Waals surface area contributed by atoms with Crippen molar-refractivity contribution in [2.75, 3.05) is 10.8 Å². The molecule has 2 aromatic carbocycles. The molecular formula is C17H17BrFNO2S. The Hall–Kier alpha value is -1.40. The van der Waals surface area contributed by atoms with Gasteiger partial charge in [-0.05, 0) is 60.9 Å². The second kappa shape index (κ2) is 5.60. The van der Waals surface area contributed by atoms with Crippen LogP contribution in [-0.2, 0) is 10.0 Å². The summed E-state index contributed by atoms with van der Waals surface area (Å²) in [4.78, 5) is 0.282. The van der Waals surface area contributed by atoms with Gasteiger partial charge in [-0.25, -0.2) is 12.8 Å². The van der Waals surface area contributed by atoms with Crippen molar-refractivity contribution < 1.29 is 12.8 Å². The van der Waals surface area contributed by atoms with Gasteiger partial charge in [0, 0.05) is 16.9 Å². The lowest BCUT2D eigenvalue weighted by atomic mass is 10.0. The first kappa shape index (κ1) is 16.5. The van der Waals surface area contributed by atoms with Gasteiger partial charge in [-0.15, -0.1) is 0 Å². The van der Waals surface area contributed by atoms with E-state index in [1.807, 2.05) is 6.92 Å². The van der Waals surface area contributed by atoms with Crippen LogP contribution >= 0.6 is 15.9 Å². The summed E-state index contributed by atoms with van der Waals surface area (Å²) in [6, 6.07) is 7.93. The molecule has 2 aromatic rings. The highest BCUT2D eigenvalue weighted by atomic mass is 79.9. The molecule has 3 rings (SSSR count). The topological polar surface area (TPSA) is 37.4 Å². The highest BCUT2D eigenvalue weighted by Gasteiger charge is 2.36. The zero-order chi connectivity index (χ0) is 16.9. The second-order valence-electron chi connectivity index (χ2n) is 6.01. The van der Waals surface area contributed by atoms with Crippen molar-refractivity contribution in [3.63, 3.8) is 0 Å². The van der Waals surface area contributed by atoms with Crippen molar-refractivity contribution in [2.24, 2.45) is 0 Å². The second-order valence-corrected chi connectivity index (χ2v) is 8.75.